The molecular formula is C14H8ClNO5S2-2. The molecule has 1 aromatic carbocycles. The highest BCUT2D eigenvalue weighted by Crippen LogP contribution is 2.34. The third-order valence-electron chi connectivity index (χ3n) is 2.94. The molecule has 0 aromatic heterocycles. The molecule has 1 aromatic rings. The Hall–Kier alpha value is -1.90. The molecule has 1 amide bonds. The van der Waals surface area contributed by atoms with Crippen LogP contribution in [0.5, 0.6) is 0 Å². The van der Waals surface area contributed by atoms with E-state index >= 15 is 0 Å². The number of carbonyl (C=O) groups excluding carboxylic acids is 3. The first-order valence-corrected chi connectivity index (χ1v) is 7.83. The fourth-order valence-corrected chi connectivity index (χ4v) is 3.38. The molecule has 0 saturated carbocycles. The molecule has 6 nitrogen and oxygen atoms in total. The van der Waals surface area contributed by atoms with E-state index in [9.17, 15) is 24.6 Å². The van der Waals surface area contributed by atoms with Gasteiger partial charge in [0.1, 0.15) is 4.32 Å². The number of hydrogen-bond acceptors (Lipinski definition) is 7. The Morgan fingerprint density at radius 1 is 1.30 bits per heavy atom. The van der Waals surface area contributed by atoms with Crippen molar-refractivity contribution in [2.45, 2.75) is 12.5 Å². The van der Waals surface area contributed by atoms with Gasteiger partial charge in [-0.25, -0.2) is 0 Å². The lowest BCUT2D eigenvalue weighted by Crippen LogP contribution is -2.52. The van der Waals surface area contributed by atoms with Crippen molar-refractivity contribution in [3.63, 3.8) is 0 Å². The number of benzene rings is 1. The van der Waals surface area contributed by atoms with E-state index in [0.29, 0.717) is 10.6 Å². The van der Waals surface area contributed by atoms with E-state index in [1.54, 1.807) is 24.3 Å². The molecule has 0 unspecified atom stereocenters. The van der Waals surface area contributed by atoms with Crippen molar-refractivity contribution in [1.82, 2.24) is 4.90 Å². The molecule has 120 valence electrons. The average molecular weight is 370 g/mol. The summed E-state index contributed by atoms with van der Waals surface area (Å²) in [6.07, 6.45) is 0.615. The van der Waals surface area contributed by atoms with E-state index in [2.05, 4.69) is 0 Å². The van der Waals surface area contributed by atoms with Crippen LogP contribution in [0, 0.1) is 0 Å². The summed E-state index contributed by atoms with van der Waals surface area (Å²) >= 11 is 11.6. The lowest BCUT2D eigenvalue weighted by atomic mass is 10.1. The van der Waals surface area contributed by atoms with Crippen molar-refractivity contribution in [1.29, 1.82) is 0 Å². The van der Waals surface area contributed by atoms with Gasteiger partial charge in [0.25, 0.3) is 5.91 Å². The molecule has 23 heavy (non-hydrogen) atoms. The van der Waals surface area contributed by atoms with Gasteiger partial charge in [0.2, 0.25) is 0 Å². The molecule has 9 heteroatoms. The maximum atomic E-state index is 12.3. The zero-order valence-electron chi connectivity index (χ0n) is 11.4. The minimum absolute atomic E-state index is 0.0503. The number of carboxylic acid groups (broad SMARTS) is 2. The first-order valence-electron chi connectivity index (χ1n) is 6.23. The lowest BCUT2D eigenvalue weighted by Gasteiger charge is -2.27. The molecule has 0 spiro atoms. The van der Waals surface area contributed by atoms with Crippen LogP contribution in [0.4, 0.5) is 0 Å². The molecule has 2 rings (SSSR count). The van der Waals surface area contributed by atoms with Crippen LogP contribution < -0.4 is 10.2 Å². The Morgan fingerprint density at radius 3 is 2.43 bits per heavy atom. The monoisotopic (exact) mass is 369 g/mol. The summed E-state index contributed by atoms with van der Waals surface area (Å²) < 4.78 is -0.0503. The largest absolute Gasteiger partial charge is 0.550 e. The van der Waals surface area contributed by atoms with Gasteiger partial charge in [0.05, 0.1) is 16.9 Å². The number of carboxylic acids is 2. The predicted molar refractivity (Wildman–Crippen MR) is 84.9 cm³/mol. The number of amides is 1. The van der Waals surface area contributed by atoms with E-state index in [1.165, 1.54) is 6.08 Å². The molecule has 1 atom stereocenters. The highest BCUT2D eigenvalue weighted by Gasteiger charge is 2.37. The second-order valence-electron chi connectivity index (χ2n) is 4.51. The summed E-state index contributed by atoms with van der Waals surface area (Å²) in [6.45, 7) is 0. The van der Waals surface area contributed by atoms with Crippen LogP contribution in [0.2, 0.25) is 5.02 Å². The van der Waals surface area contributed by atoms with E-state index in [-0.39, 0.29) is 9.23 Å². The minimum Gasteiger partial charge on any atom is -0.550 e. The van der Waals surface area contributed by atoms with Crippen LogP contribution in [-0.4, -0.2) is 33.1 Å². The zero-order chi connectivity index (χ0) is 17.1. The minimum atomic E-state index is -1.71. The molecule has 0 radical (unpaired) electrons. The Balaban J connectivity index is 2.30. The molecule has 0 N–H and O–H groups in total. The highest BCUT2D eigenvalue weighted by molar-refractivity contribution is 8.26. The maximum absolute atomic E-state index is 12.3. The second kappa shape index (κ2) is 7.12. The van der Waals surface area contributed by atoms with Gasteiger partial charge in [-0.05, 0) is 23.8 Å². The SMILES string of the molecule is O=C([O-])C[C@H](C(=O)[O-])N1C(=O)/C(=C/c2ccc(Cl)cc2)SC1=S. The summed E-state index contributed by atoms with van der Waals surface area (Å²) in [5.41, 5.74) is 0.666. The van der Waals surface area contributed by atoms with Gasteiger partial charge in [0, 0.05) is 17.4 Å². The van der Waals surface area contributed by atoms with Crippen LogP contribution in [0.25, 0.3) is 6.08 Å². The van der Waals surface area contributed by atoms with Gasteiger partial charge in [0.15, 0.2) is 0 Å². The van der Waals surface area contributed by atoms with Crippen molar-refractivity contribution >= 4 is 63.8 Å². The third-order valence-corrected chi connectivity index (χ3v) is 4.52. The molecule has 1 fully saturated rings. The molecule has 1 saturated heterocycles. The lowest BCUT2D eigenvalue weighted by molar-refractivity contribution is -0.319. The van der Waals surface area contributed by atoms with Crippen LogP contribution in [0.15, 0.2) is 29.2 Å². The summed E-state index contributed by atoms with van der Waals surface area (Å²) in [5.74, 6) is -4.02. The fourth-order valence-electron chi connectivity index (χ4n) is 1.90. The maximum Gasteiger partial charge on any atom is 0.266 e. The van der Waals surface area contributed by atoms with Crippen LogP contribution in [0.3, 0.4) is 0 Å². The Morgan fingerprint density at radius 2 is 1.91 bits per heavy atom. The Bertz CT molecular complexity index is 716. The Labute approximate surface area is 145 Å². The topological polar surface area (TPSA) is 101 Å². The standard InChI is InChI=1S/C14H10ClNO5S2/c15-8-3-1-7(2-4-8)5-10-12(19)16(14(22)23-10)9(13(20)21)6-11(17)18/h1-5,9H,6H2,(H,17,18)(H,20,21)/p-2/b10-5-/t9-/m1/s1. The number of thiocarbonyl (C=S) groups is 1. The number of thioether (sulfide) groups is 1. The van der Waals surface area contributed by atoms with Gasteiger partial charge in [-0.3, -0.25) is 9.69 Å². The van der Waals surface area contributed by atoms with Crippen molar-refractivity contribution < 1.29 is 24.6 Å². The smallest absolute Gasteiger partial charge is 0.266 e. The normalized spacial score (nSPS) is 17.6. The van der Waals surface area contributed by atoms with E-state index in [4.69, 9.17) is 23.8 Å². The number of nitrogens with zero attached hydrogens (tertiary/aromatic N) is 1. The first kappa shape index (κ1) is 17.5. The van der Waals surface area contributed by atoms with E-state index in [0.717, 1.165) is 16.7 Å². The summed E-state index contributed by atoms with van der Waals surface area (Å²) in [5, 5.41) is 22.3. The van der Waals surface area contributed by atoms with Gasteiger partial charge >= 0.3 is 0 Å². The first-order chi connectivity index (χ1) is 10.8. The van der Waals surface area contributed by atoms with Crippen LogP contribution in [-0.2, 0) is 14.4 Å². The average Bonchev–Trinajstić information content (AvgIpc) is 2.73. The molecule has 1 heterocycles. The van der Waals surface area contributed by atoms with Gasteiger partial charge in [-0.15, -0.1) is 0 Å². The Kier molecular flexibility index (Phi) is 5.40. The van der Waals surface area contributed by atoms with Crippen molar-refractivity contribution in [2.24, 2.45) is 0 Å². The quantitative estimate of drug-likeness (QED) is 0.523. The van der Waals surface area contributed by atoms with Crippen LogP contribution >= 0.6 is 35.6 Å². The summed E-state index contributed by atoms with van der Waals surface area (Å²) in [7, 11) is 0. The van der Waals surface area contributed by atoms with E-state index in [1.807, 2.05) is 0 Å². The zero-order valence-corrected chi connectivity index (χ0v) is 13.7. The molecular weight excluding hydrogens is 362 g/mol. The number of aliphatic carboxylic acids is 2. The van der Waals surface area contributed by atoms with Crippen molar-refractivity contribution in [2.75, 3.05) is 0 Å². The number of carbonyl (C=O) groups is 3. The van der Waals surface area contributed by atoms with Gasteiger partial charge in [-0.2, -0.15) is 0 Å². The predicted octanol–water partition coefficient (Wildman–Crippen LogP) is -0.200. The van der Waals surface area contributed by atoms with E-state index < -0.39 is 30.3 Å². The highest BCUT2D eigenvalue weighted by atomic mass is 35.5. The number of hydrogen-bond donors (Lipinski definition) is 0. The van der Waals surface area contributed by atoms with Gasteiger partial charge in [-0.1, -0.05) is 47.7 Å². The molecule has 0 aliphatic carbocycles. The summed E-state index contributed by atoms with van der Waals surface area (Å²) in [6, 6.07) is 4.91. The van der Waals surface area contributed by atoms with Crippen LogP contribution in [0.1, 0.15) is 12.0 Å². The van der Waals surface area contributed by atoms with Gasteiger partial charge < -0.3 is 19.8 Å². The number of halogens is 1. The molecule has 1 aliphatic heterocycles. The van der Waals surface area contributed by atoms with Crippen molar-refractivity contribution in [3.05, 3.63) is 39.8 Å². The fraction of sp³-hybridized carbons (Fsp3) is 0.143. The molecule has 1 aliphatic rings. The number of rotatable bonds is 5. The van der Waals surface area contributed by atoms with Crippen molar-refractivity contribution in [3.8, 4) is 0 Å². The third kappa shape index (κ3) is 4.10. The molecule has 0 bridgehead atoms. The second-order valence-corrected chi connectivity index (χ2v) is 6.63. The summed E-state index contributed by atoms with van der Waals surface area (Å²) in [4.78, 5) is 35.0.